The van der Waals surface area contributed by atoms with Gasteiger partial charge in [-0.15, -0.1) is 0 Å². The van der Waals surface area contributed by atoms with Crippen molar-refractivity contribution in [2.45, 2.75) is 31.5 Å². The minimum atomic E-state index is -0.820. The Morgan fingerprint density at radius 1 is 1.17 bits per heavy atom. The second kappa shape index (κ2) is 7.71. The van der Waals surface area contributed by atoms with Gasteiger partial charge in [-0.05, 0) is 18.9 Å². The number of carbonyl (C=O) groups is 2. The van der Waals surface area contributed by atoms with Crippen LogP contribution in [0.25, 0.3) is 0 Å². The lowest BCUT2D eigenvalue weighted by Crippen LogP contribution is -2.52. The van der Waals surface area contributed by atoms with Crippen LogP contribution in [-0.2, 0) is 16.0 Å². The topological polar surface area (TPSA) is 78.4 Å². The molecule has 3 atom stereocenters. The fourth-order valence-corrected chi connectivity index (χ4v) is 1.47. The first-order chi connectivity index (χ1) is 8.67. The number of hydrogen-bond donors (Lipinski definition) is 3. The van der Waals surface area contributed by atoms with Gasteiger partial charge in [-0.2, -0.15) is 0 Å². The van der Waals surface area contributed by atoms with Gasteiger partial charge in [-0.1, -0.05) is 30.3 Å². The smallest absolute Gasteiger partial charge is 0.140 e. The molecule has 98 valence electrons. The Morgan fingerprint density at radius 2 is 1.83 bits per heavy atom. The van der Waals surface area contributed by atoms with E-state index in [0.717, 1.165) is 11.8 Å². The van der Waals surface area contributed by atoms with Crippen LogP contribution in [0.5, 0.6) is 0 Å². The first-order valence-electron chi connectivity index (χ1n) is 5.81. The van der Waals surface area contributed by atoms with E-state index in [0.29, 0.717) is 12.7 Å². The molecule has 0 aliphatic carbocycles. The molecule has 5 nitrogen and oxygen atoms in total. The second-order valence-corrected chi connectivity index (χ2v) is 4.12. The molecule has 18 heavy (non-hydrogen) atoms. The zero-order valence-electron chi connectivity index (χ0n) is 10.2. The van der Waals surface area contributed by atoms with E-state index in [1.165, 1.54) is 6.92 Å². The standard InChI is InChI=1S/C13H18N2O3/c1-10(18)13(9-17)15-14-12(8-16)7-11-5-3-2-4-6-11/h2-6,8-10,12-15,18H,7H2,1H3/t10-,12+,13-/m1/s1. The first kappa shape index (κ1) is 14.5. The molecule has 0 aliphatic rings. The Morgan fingerprint density at radius 3 is 2.33 bits per heavy atom. The molecular weight excluding hydrogens is 232 g/mol. The Bertz CT molecular complexity index is 368. The number of hydrogen-bond acceptors (Lipinski definition) is 5. The third kappa shape index (κ3) is 4.75. The molecule has 1 aromatic rings. The Labute approximate surface area is 106 Å². The zero-order chi connectivity index (χ0) is 13.4. The van der Waals surface area contributed by atoms with E-state index in [9.17, 15) is 14.7 Å². The normalized spacial score (nSPS) is 15.7. The molecule has 0 radical (unpaired) electrons. The van der Waals surface area contributed by atoms with Crippen molar-refractivity contribution in [3.05, 3.63) is 35.9 Å². The number of aliphatic hydroxyl groups is 1. The van der Waals surface area contributed by atoms with Crippen LogP contribution in [0.1, 0.15) is 12.5 Å². The number of rotatable bonds is 8. The van der Waals surface area contributed by atoms with E-state index in [2.05, 4.69) is 10.9 Å². The molecule has 0 spiro atoms. The van der Waals surface area contributed by atoms with Gasteiger partial charge in [0, 0.05) is 0 Å². The lowest BCUT2D eigenvalue weighted by molar-refractivity contribution is -0.113. The first-order valence-corrected chi connectivity index (χ1v) is 5.81. The second-order valence-electron chi connectivity index (χ2n) is 4.12. The molecule has 0 aromatic heterocycles. The van der Waals surface area contributed by atoms with Gasteiger partial charge in [0.25, 0.3) is 0 Å². The average molecular weight is 250 g/mol. The lowest BCUT2D eigenvalue weighted by atomic mass is 10.1. The summed E-state index contributed by atoms with van der Waals surface area (Å²) in [6.45, 7) is 1.50. The van der Waals surface area contributed by atoms with Gasteiger partial charge in [0.1, 0.15) is 18.6 Å². The van der Waals surface area contributed by atoms with Crippen molar-refractivity contribution in [2.75, 3.05) is 0 Å². The molecule has 0 amide bonds. The van der Waals surface area contributed by atoms with Crippen LogP contribution in [0, 0.1) is 0 Å². The highest BCUT2D eigenvalue weighted by atomic mass is 16.3. The van der Waals surface area contributed by atoms with Gasteiger partial charge in [0.15, 0.2) is 0 Å². The average Bonchev–Trinajstić information content (AvgIpc) is 2.38. The summed E-state index contributed by atoms with van der Waals surface area (Å²) >= 11 is 0. The Balaban J connectivity index is 2.47. The number of carbonyl (C=O) groups excluding carboxylic acids is 2. The summed E-state index contributed by atoms with van der Waals surface area (Å²) in [7, 11) is 0. The van der Waals surface area contributed by atoms with E-state index in [-0.39, 0.29) is 0 Å². The monoisotopic (exact) mass is 250 g/mol. The summed E-state index contributed by atoms with van der Waals surface area (Å²) in [5.41, 5.74) is 6.40. The number of nitrogens with one attached hydrogen (secondary N) is 2. The van der Waals surface area contributed by atoms with Crippen molar-refractivity contribution in [1.29, 1.82) is 0 Å². The maximum absolute atomic E-state index is 10.9. The lowest BCUT2D eigenvalue weighted by Gasteiger charge is -2.19. The quantitative estimate of drug-likeness (QED) is 0.441. The van der Waals surface area contributed by atoms with Crippen LogP contribution in [0.15, 0.2) is 30.3 Å². The number of hydrazine groups is 1. The summed E-state index contributed by atoms with van der Waals surface area (Å²) < 4.78 is 0. The van der Waals surface area contributed by atoms with E-state index >= 15 is 0 Å². The van der Waals surface area contributed by atoms with Crippen LogP contribution < -0.4 is 10.9 Å². The predicted molar refractivity (Wildman–Crippen MR) is 67.8 cm³/mol. The molecule has 0 bridgehead atoms. The molecule has 1 aromatic carbocycles. The van der Waals surface area contributed by atoms with Crippen molar-refractivity contribution in [3.8, 4) is 0 Å². The summed E-state index contributed by atoms with van der Waals surface area (Å²) in [6, 6.07) is 8.36. The minimum absolute atomic E-state index is 0.450. The third-order valence-corrected chi connectivity index (χ3v) is 2.56. The van der Waals surface area contributed by atoms with Gasteiger partial charge >= 0.3 is 0 Å². The van der Waals surface area contributed by atoms with Gasteiger partial charge in [0.05, 0.1) is 12.1 Å². The maximum Gasteiger partial charge on any atom is 0.140 e. The van der Waals surface area contributed by atoms with Crippen LogP contribution >= 0.6 is 0 Å². The Hall–Kier alpha value is -1.56. The van der Waals surface area contributed by atoms with Gasteiger partial charge in [-0.25, -0.2) is 10.9 Å². The molecule has 0 unspecified atom stereocenters. The largest absolute Gasteiger partial charge is 0.391 e. The highest BCUT2D eigenvalue weighted by molar-refractivity contribution is 5.60. The van der Waals surface area contributed by atoms with Crippen molar-refractivity contribution in [1.82, 2.24) is 10.9 Å². The van der Waals surface area contributed by atoms with Gasteiger partial charge < -0.3 is 14.7 Å². The molecule has 0 saturated heterocycles. The van der Waals surface area contributed by atoms with Crippen molar-refractivity contribution < 1.29 is 14.7 Å². The van der Waals surface area contributed by atoms with Crippen molar-refractivity contribution in [2.24, 2.45) is 0 Å². The third-order valence-electron chi connectivity index (χ3n) is 2.56. The fourth-order valence-electron chi connectivity index (χ4n) is 1.47. The van der Waals surface area contributed by atoms with Gasteiger partial charge in [0.2, 0.25) is 0 Å². The molecule has 0 fully saturated rings. The van der Waals surface area contributed by atoms with E-state index in [4.69, 9.17) is 0 Å². The van der Waals surface area contributed by atoms with E-state index in [1.54, 1.807) is 0 Å². The molecule has 0 heterocycles. The molecule has 5 heteroatoms. The maximum atomic E-state index is 10.9. The fraction of sp³-hybridized carbons (Fsp3) is 0.385. The molecule has 0 saturated carbocycles. The van der Waals surface area contributed by atoms with E-state index < -0.39 is 18.2 Å². The number of aldehydes is 2. The molecule has 3 N–H and O–H groups in total. The van der Waals surface area contributed by atoms with Crippen molar-refractivity contribution >= 4 is 12.6 Å². The summed E-state index contributed by atoms with van der Waals surface area (Å²) in [5.74, 6) is 0. The van der Waals surface area contributed by atoms with Crippen LogP contribution in [0.2, 0.25) is 0 Å². The number of aliphatic hydroxyl groups excluding tert-OH is 1. The summed E-state index contributed by atoms with van der Waals surface area (Å²) in [5, 5.41) is 9.27. The summed E-state index contributed by atoms with van der Waals surface area (Å²) in [4.78, 5) is 21.6. The summed E-state index contributed by atoms with van der Waals surface area (Å²) in [6.07, 6.45) is 1.06. The van der Waals surface area contributed by atoms with Crippen molar-refractivity contribution in [3.63, 3.8) is 0 Å². The highest BCUT2D eigenvalue weighted by Crippen LogP contribution is 2.01. The predicted octanol–water partition coefficient (Wildman–Crippen LogP) is -0.161. The zero-order valence-corrected chi connectivity index (χ0v) is 10.2. The van der Waals surface area contributed by atoms with E-state index in [1.807, 2.05) is 30.3 Å². The van der Waals surface area contributed by atoms with Crippen LogP contribution in [-0.4, -0.2) is 35.9 Å². The van der Waals surface area contributed by atoms with Gasteiger partial charge in [-0.3, -0.25) is 0 Å². The molecule has 1 rings (SSSR count). The van der Waals surface area contributed by atoms with Crippen LogP contribution in [0.3, 0.4) is 0 Å². The minimum Gasteiger partial charge on any atom is -0.391 e. The Kier molecular flexibility index (Phi) is 6.21. The molecule has 0 aliphatic heterocycles. The number of benzene rings is 1. The highest BCUT2D eigenvalue weighted by Gasteiger charge is 2.15. The van der Waals surface area contributed by atoms with Crippen LogP contribution in [0.4, 0.5) is 0 Å². The SMILES string of the molecule is C[C@@H](O)[C@@H](C=O)NN[C@H](C=O)Cc1ccccc1. The molecular formula is C13H18N2O3.